The van der Waals surface area contributed by atoms with Gasteiger partial charge in [0.25, 0.3) is 5.91 Å². The first-order chi connectivity index (χ1) is 10.9. The number of aryl methyl sites for hydroxylation is 2. The number of hydrogen-bond donors (Lipinski definition) is 1. The van der Waals surface area contributed by atoms with Crippen molar-refractivity contribution in [2.24, 2.45) is 5.73 Å². The molecule has 2 aromatic rings. The molecule has 23 heavy (non-hydrogen) atoms. The Balaban J connectivity index is 2.14. The highest BCUT2D eigenvalue weighted by Gasteiger charge is 2.19. The van der Waals surface area contributed by atoms with E-state index in [2.05, 4.69) is 5.16 Å². The molecule has 0 spiro atoms. The molecule has 1 heterocycles. The van der Waals surface area contributed by atoms with E-state index in [1.807, 2.05) is 26.0 Å². The maximum atomic E-state index is 12.2. The Morgan fingerprint density at radius 2 is 2.04 bits per heavy atom. The molecule has 1 atom stereocenters. The normalized spacial score (nSPS) is 12.0. The number of benzene rings is 1. The number of esters is 1. The van der Waals surface area contributed by atoms with Crippen molar-refractivity contribution in [3.05, 3.63) is 46.8 Å². The molecule has 0 unspecified atom stereocenters. The Morgan fingerprint density at radius 1 is 1.35 bits per heavy atom. The summed E-state index contributed by atoms with van der Waals surface area (Å²) >= 11 is 1.48. The summed E-state index contributed by atoms with van der Waals surface area (Å²) in [5.74, 6) is 0.131. The van der Waals surface area contributed by atoms with E-state index in [9.17, 15) is 9.59 Å². The van der Waals surface area contributed by atoms with Crippen LogP contribution in [0.5, 0.6) is 0 Å². The first kappa shape index (κ1) is 17.1. The van der Waals surface area contributed by atoms with Crippen molar-refractivity contribution in [1.29, 1.82) is 0 Å². The molecule has 0 bridgehead atoms. The molecule has 0 saturated heterocycles. The molecule has 0 aliphatic rings. The van der Waals surface area contributed by atoms with Gasteiger partial charge in [0, 0.05) is 16.2 Å². The summed E-state index contributed by atoms with van der Waals surface area (Å²) in [7, 11) is 0. The SMILES string of the molecule is Cc1noc(C)c1CSc1ccccc1C(=O)O[C@@H](C)C(N)=O. The second kappa shape index (κ2) is 7.32. The van der Waals surface area contributed by atoms with Crippen LogP contribution in [-0.2, 0) is 15.3 Å². The summed E-state index contributed by atoms with van der Waals surface area (Å²) in [5.41, 5.74) is 7.35. The molecule has 1 aromatic carbocycles. The largest absolute Gasteiger partial charge is 0.449 e. The first-order valence-corrected chi connectivity index (χ1v) is 8.02. The highest BCUT2D eigenvalue weighted by Crippen LogP contribution is 2.29. The minimum Gasteiger partial charge on any atom is -0.449 e. The predicted molar refractivity (Wildman–Crippen MR) is 86.1 cm³/mol. The number of carbonyl (C=O) groups excluding carboxylic acids is 2. The quantitative estimate of drug-likeness (QED) is 0.644. The summed E-state index contributed by atoms with van der Waals surface area (Å²) < 4.78 is 10.2. The molecule has 0 aliphatic carbocycles. The molecule has 122 valence electrons. The number of aromatic nitrogens is 1. The number of nitrogens with zero attached hydrogens (tertiary/aromatic N) is 1. The Labute approximate surface area is 138 Å². The number of primary amides is 1. The van der Waals surface area contributed by atoms with Gasteiger partial charge in [0.2, 0.25) is 0 Å². The Morgan fingerprint density at radius 3 is 2.65 bits per heavy atom. The second-order valence-electron chi connectivity index (χ2n) is 5.04. The van der Waals surface area contributed by atoms with Gasteiger partial charge in [0.15, 0.2) is 6.10 Å². The zero-order valence-corrected chi connectivity index (χ0v) is 14.0. The monoisotopic (exact) mass is 334 g/mol. The number of rotatable bonds is 6. The molecule has 0 fully saturated rings. The Hall–Kier alpha value is -2.28. The Bertz CT molecular complexity index is 707. The summed E-state index contributed by atoms with van der Waals surface area (Å²) in [5, 5.41) is 3.91. The lowest BCUT2D eigenvalue weighted by Crippen LogP contribution is -2.30. The van der Waals surface area contributed by atoms with E-state index >= 15 is 0 Å². The second-order valence-corrected chi connectivity index (χ2v) is 6.05. The van der Waals surface area contributed by atoms with Gasteiger partial charge < -0.3 is 15.0 Å². The van der Waals surface area contributed by atoms with Crippen LogP contribution in [0, 0.1) is 13.8 Å². The maximum absolute atomic E-state index is 12.2. The third-order valence-electron chi connectivity index (χ3n) is 3.34. The number of nitrogens with two attached hydrogens (primary N) is 1. The molecule has 2 N–H and O–H groups in total. The first-order valence-electron chi connectivity index (χ1n) is 7.04. The number of ether oxygens (including phenoxy) is 1. The van der Waals surface area contributed by atoms with Crippen LogP contribution in [0.25, 0.3) is 0 Å². The fourth-order valence-electron chi connectivity index (χ4n) is 1.90. The van der Waals surface area contributed by atoms with Crippen molar-refractivity contribution in [3.8, 4) is 0 Å². The van der Waals surface area contributed by atoms with Crippen molar-refractivity contribution < 1.29 is 18.8 Å². The molecule has 0 saturated carbocycles. The lowest BCUT2D eigenvalue weighted by Gasteiger charge is -2.12. The number of thioether (sulfide) groups is 1. The number of hydrogen-bond acceptors (Lipinski definition) is 6. The van der Waals surface area contributed by atoms with E-state index in [-0.39, 0.29) is 0 Å². The van der Waals surface area contributed by atoms with Crippen molar-refractivity contribution in [2.45, 2.75) is 37.5 Å². The number of carbonyl (C=O) groups is 2. The van der Waals surface area contributed by atoms with Gasteiger partial charge >= 0.3 is 5.97 Å². The van der Waals surface area contributed by atoms with Gasteiger partial charge in [-0.3, -0.25) is 4.79 Å². The van der Waals surface area contributed by atoms with Crippen molar-refractivity contribution in [2.75, 3.05) is 0 Å². The van der Waals surface area contributed by atoms with E-state index in [1.165, 1.54) is 18.7 Å². The minimum atomic E-state index is -0.969. The fourth-order valence-corrected chi connectivity index (χ4v) is 3.09. The van der Waals surface area contributed by atoms with Crippen molar-refractivity contribution in [3.63, 3.8) is 0 Å². The van der Waals surface area contributed by atoms with Crippen LogP contribution in [0.2, 0.25) is 0 Å². The summed E-state index contributed by atoms with van der Waals surface area (Å²) in [4.78, 5) is 24.0. The highest BCUT2D eigenvalue weighted by molar-refractivity contribution is 7.98. The number of amides is 1. The van der Waals surface area contributed by atoms with Crippen LogP contribution in [0.15, 0.2) is 33.7 Å². The average molecular weight is 334 g/mol. The van der Waals surface area contributed by atoms with Gasteiger partial charge in [-0.25, -0.2) is 4.79 Å². The smallest absolute Gasteiger partial charge is 0.340 e. The van der Waals surface area contributed by atoms with Crippen LogP contribution in [0.1, 0.15) is 34.3 Å². The topological polar surface area (TPSA) is 95.4 Å². The van der Waals surface area contributed by atoms with Crippen LogP contribution >= 0.6 is 11.8 Å². The maximum Gasteiger partial charge on any atom is 0.340 e. The summed E-state index contributed by atoms with van der Waals surface area (Å²) in [6.45, 7) is 5.17. The lowest BCUT2D eigenvalue weighted by molar-refractivity contribution is -0.125. The molecule has 7 heteroatoms. The third-order valence-corrected chi connectivity index (χ3v) is 4.44. The zero-order chi connectivity index (χ0) is 17.0. The van der Waals surface area contributed by atoms with Gasteiger partial charge in [0.1, 0.15) is 5.76 Å². The standard InChI is InChI=1S/C16H18N2O4S/c1-9-13(10(2)22-18-9)8-23-14-7-5-4-6-12(14)16(20)21-11(3)15(17)19/h4-7,11H,8H2,1-3H3,(H2,17,19)/t11-/m0/s1. The third kappa shape index (κ3) is 4.13. The van der Waals surface area contributed by atoms with Crippen LogP contribution in [0.4, 0.5) is 0 Å². The average Bonchev–Trinajstić information content (AvgIpc) is 2.84. The molecule has 0 radical (unpaired) electrons. The zero-order valence-electron chi connectivity index (χ0n) is 13.2. The summed E-state index contributed by atoms with van der Waals surface area (Å²) in [6, 6.07) is 7.07. The molecule has 0 aliphatic heterocycles. The van der Waals surface area contributed by atoms with Crippen molar-refractivity contribution in [1.82, 2.24) is 5.16 Å². The molecular formula is C16H18N2O4S. The predicted octanol–water partition coefficient (Wildman–Crippen LogP) is 2.61. The van der Waals surface area contributed by atoms with E-state index in [0.29, 0.717) is 11.3 Å². The van der Waals surface area contributed by atoms with Gasteiger partial charge in [-0.15, -0.1) is 11.8 Å². The van der Waals surface area contributed by atoms with Gasteiger partial charge in [-0.05, 0) is 32.9 Å². The molecule has 6 nitrogen and oxygen atoms in total. The molecular weight excluding hydrogens is 316 g/mol. The van der Waals surface area contributed by atoms with Gasteiger partial charge in [0.05, 0.1) is 11.3 Å². The lowest BCUT2D eigenvalue weighted by atomic mass is 10.2. The molecule has 1 amide bonds. The van der Waals surface area contributed by atoms with Crippen LogP contribution in [-0.4, -0.2) is 23.1 Å². The van der Waals surface area contributed by atoms with Crippen LogP contribution < -0.4 is 5.73 Å². The van der Waals surface area contributed by atoms with E-state index in [1.54, 1.807) is 12.1 Å². The van der Waals surface area contributed by atoms with E-state index in [0.717, 1.165) is 21.9 Å². The summed E-state index contributed by atoms with van der Waals surface area (Å²) in [6.07, 6.45) is -0.969. The minimum absolute atomic E-state index is 0.400. The van der Waals surface area contributed by atoms with Crippen LogP contribution in [0.3, 0.4) is 0 Å². The van der Waals surface area contributed by atoms with Gasteiger partial charge in [-0.1, -0.05) is 17.3 Å². The van der Waals surface area contributed by atoms with Crippen molar-refractivity contribution >= 4 is 23.6 Å². The highest BCUT2D eigenvalue weighted by atomic mass is 32.2. The molecule has 2 rings (SSSR count). The van der Waals surface area contributed by atoms with E-state index in [4.69, 9.17) is 15.0 Å². The molecule has 1 aromatic heterocycles. The van der Waals surface area contributed by atoms with E-state index < -0.39 is 18.0 Å². The van der Waals surface area contributed by atoms with Gasteiger partial charge in [-0.2, -0.15) is 0 Å². The Kier molecular flexibility index (Phi) is 5.44. The fraction of sp³-hybridized carbons (Fsp3) is 0.312.